The zero-order valence-corrected chi connectivity index (χ0v) is 23.8. The highest BCUT2D eigenvalue weighted by atomic mass is 16.6. The van der Waals surface area contributed by atoms with Crippen molar-refractivity contribution >= 4 is 23.3 Å². The smallest absolute Gasteiger partial charge is 0.243 e. The number of hydrogen-bond donors (Lipinski definition) is 2. The SMILES string of the molecule is CN[C@H]1CCCCC/C=C\[C@@H]2C[C@@]2(C(C)=O)NC(=O)[C@@H]2C[C@@H](ON=C3c4ccccc4-c4ccccc43)CN2C1=O. The number of likely N-dealkylation sites (N-methyl/N-ethyl adjacent to an activating group) is 1. The molecule has 2 fully saturated rings. The number of oxime groups is 1. The van der Waals surface area contributed by atoms with Crippen LogP contribution in [-0.4, -0.2) is 65.5 Å². The van der Waals surface area contributed by atoms with Gasteiger partial charge in [-0.05, 0) is 50.8 Å². The summed E-state index contributed by atoms with van der Waals surface area (Å²) in [6.45, 7) is 1.79. The van der Waals surface area contributed by atoms with E-state index in [1.54, 1.807) is 11.9 Å². The third-order valence-corrected chi connectivity index (χ3v) is 9.16. The van der Waals surface area contributed by atoms with Gasteiger partial charge in [-0.3, -0.25) is 14.4 Å². The minimum atomic E-state index is -0.888. The number of ketones is 1. The number of Topliss-reactive ketones (excluding diaryl/α,β-unsaturated/α-hetero) is 1. The molecule has 2 aliphatic heterocycles. The molecule has 0 spiro atoms. The first-order valence-corrected chi connectivity index (χ1v) is 14.8. The molecule has 0 aromatic heterocycles. The number of nitrogens with one attached hydrogen (secondary N) is 2. The minimum Gasteiger partial charge on any atom is -0.390 e. The molecule has 6 rings (SSSR count). The third kappa shape index (κ3) is 5.10. The molecule has 2 aromatic carbocycles. The summed E-state index contributed by atoms with van der Waals surface area (Å²) in [5.41, 5.74) is 4.09. The summed E-state index contributed by atoms with van der Waals surface area (Å²) in [5.74, 6) is -0.470. The van der Waals surface area contributed by atoms with Crippen molar-refractivity contribution in [2.45, 2.75) is 75.6 Å². The molecule has 2 aromatic rings. The van der Waals surface area contributed by atoms with Crippen LogP contribution in [-0.2, 0) is 19.2 Å². The maximum Gasteiger partial charge on any atom is 0.243 e. The van der Waals surface area contributed by atoms with Gasteiger partial charge in [0.25, 0.3) is 0 Å². The molecule has 1 saturated heterocycles. The van der Waals surface area contributed by atoms with Gasteiger partial charge in [0, 0.05) is 23.5 Å². The van der Waals surface area contributed by atoms with E-state index in [4.69, 9.17) is 4.84 Å². The van der Waals surface area contributed by atoms with Crippen molar-refractivity contribution in [1.82, 2.24) is 15.5 Å². The number of rotatable bonds is 4. The van der Waals surface area contributed by atoms with E-state index in [2.05, 4.69) is 40.1 Å². The van der Waals surface area contributed by atoms with Crippen LogP contribution in [0, 0.1) is 5.92 Å². The normalized spacial score (nSPS) is 30.1. The fourth-order valence-electron chi connectivity index (χ4n) is 6.68. The van der Waals surface area contributed by atoms with Gasteiger partial charge in [0.1, 0.15) is 23.4 Å². The van der Waals surface area contributed by atoms with Crippen molar-refractivity contribution in [3.05, 3.63) is 71.8 Å². The quantitative estimate of drug-likeness (QED) is 0.376. The number of benzene rings is 2. The van der Waals surface area contributed by atoms with Gasteiger partial charge in [0.05, 0.1) is 12.6 Å². The molecule has 41 heavy (non-hydrogen) atoms. The lowest BCUT2D eigenvalue weighted by atomic mass is 10.1. The Balaban J connectivity index is 1.27. The molecular weight excluding hydrogens is 516 g/mol. The van der Waals surface area contributed by atoms with Crippen LogP contribution >= 0.6 is 0 Å². The van der Waals surface area contributed by atoms with Gasteiger partial charge in [0.15, 0.2) is 5.78 Å². The molecule has 2 N–H and O–H groups in total. The van der Waals surface area contributed by atoms with Gasteiger partial charge in [-0.15, -0.1) is 0 Å². The second-order valence-electron chi connectivity index (χ2n) is 11.7. The summed E-state index contributed by atoms with van der Waals surface area (Å²) in [6, 6.07) is 15.1. The van der Waals surface area contributed by atoms with E-state index in [0.29, 0.717) is 19.3 Å². The second kappa shape index (κ2) is 11.2. The molecule has 5 atom stereocenters. The minimum absolute atomic E-state index is 0.00867. The standard InChI is InChI=1S/C33H38N4O4/c1-21(38)33-19-22(33)12-6-4-3-5-7-17-28(34-2)32(40)37-20-23(18-29(37)31(39)35-33)41-36-30-26-15-10-8-13-24(26)25-14-9-11-16-27(25)30/h6,8-16,22-23,28-29,34H,3-5,7,17-20H2,1-2H3,(H,35,39)/b12-6-/t22-,23-,28+,29+,33+/m1/s1. The molecule has 0 bridgehead atoms. The highest BCUT2D eigenvalue weighted by Gasteiger charge is 2.59. The van der Waals surface area contributed by atoms with Gasteiger partial charge < -0.3 is 20.4 Å². The zero-order valence-electron chi connectivity index (χ0n) is 23.8. The fraction of sp³-hybridized carbons (Fsp3) is 0.455. The van der Waals surface area contributed by atoms with E-state index in [-0.39, 0.29) is 36.1 Å². The summed E-state index contributed by atoms with van der Waals surface area (Å²) >= 11 is 0. The summed E-state index contributed by atoms with van der Waals surface area (Å²) in [7, 11) is 1.79. The van der Waals surface area contributed by atoms with E-state index >= 15 is 0 Å². The molecule has 4 aliphatic rings. The summed E-state index contributed by atoms with van der Waals surface area (Å²) in [6.07, 6.45) is 9.25. The number of amides is 2. The van der Waals surface area contributed by atoms with Gasteiger partial charge in [-0.25, -0.2) is 0 Å². The van der Waals surface area contributed by atoms with Crippen LogP contribution in [0.1, 0.15) is 63.0 Å². The number of hydrogen-bond acceptors (Lipinski definition) is 6. The zero-order chi connectivity index (χ0) is 28.6. The molecule has 2 heterocycles. The van der Waals surface area contributed by atoms with Crippen molar-refractivity contribution < 1.29 is 19.2 Å². The average Bonchev–Trinajstić information content (AvgIpc) is 3.35. The predicted molar refractivity (Wildman–Crippen MR) is 157 cm³/mol. The Hall–Kier alpha value is -3.78. The highest BCUT2D eigenvalue weighted by molar-refractivity contribution is 6.24. The van der Waals surface area contributed by atoms with Crippen LogP contribution in [0.5, 0.6) is 0 Å². The maximum atomic E-state index is 13.8. The Morgan fingerprint density at radius 1 is 1.02 bits per heavy atom. The molecule has 214 valence electrons. The van der Waals surface area contributed by atoms with Gasteiger partial charge in [-0.1, -0.05) is 78.7 Å². The number of fused-ring (bicyclic) bond motifs is 5. The lowest BCUT2D eigenvalue weighted by Crippen LogP contribution is -2.55. The van der Waals surface area contributed by atoms with Crippen LogP contribution in [0.4, 0.5) is 0 Å². The van der Waals surface area contributed by atoms with Gasteiger partial charge in [0.2, 0.25) is 11.8 Å². The van der Waals surface area contributed by atoms with Crippen LogP contribution in [0.15, 0.2) is 65.8 Å². The van der Waals surface area contributed by atoms with E-state index < -0.39 is 17.7 Å². The monoisotopic (exact) mass is 554 g/mol. The van der Waals surface area contributed by atoms with Gasteiger partial charge in [-0.2, -0.15) is 0 Å². The average molecular weight is 555 g/mol. The van der Waals surface area contributed by atoms with E-state index in [1.165, 1.54) is 6.92 Å². The first-order valence-electron chi connectivity index (χ1n) is 14.8. The van der Waals surface area contributed by atoms with Crippen LogP contribution in [0.3, 0.4) is 0 Å². The molecule has 8 heteroatoms. The Kier molecular flexibility index (Phi) is 7.51. The fourth-order valence-corrected chi connectivity index (χ4v) is 6.68. The number of carbonyl (C=O) groups excluding carboxylic acids is 3. The van der Waals surface area contributed by atoms with Crippen LogP contribution in [0.2, 0.25) is 0 Å². The maximum absolute atomic E-state index is 13.8. The van der Waals surface area contributed by atoms with E-state index in [9.17, 15) is 14.4 Å². The van der Waals surface area contributed by atoms with Gasteiger partial charge >= 0.3 is 0 Å². The molecule has 0 radical (unpaired) electrons. The highest BCUT2D eigenvalue weighted by Crippen LogP contribution is 2.46. The van der Waals surface area contributed by atoms with Crippen LogP contribution in [0.25, 0.3) is 11.1 Å². The van der Waals surface area contributed by atoms with E-state index in [1.807, 2.05) is 36.4 Å². The number of nitrogens with zero attached hydrogens (tertiary/aromatic N) is 2. The number of carbonyl (C=O) groups is 3. The molecule has 2 aliphatic carbocycles. The Labute approximate surface area is 241 Å². The summed E-state index contributed by atoms with van der Waals surface area (Å²) in [4.78, 5) is 48.0. The first-order chi connectivity index (χ1) is 19.9. The molecule has 0 unspecified atom stereocenters. The summed E-state index contributed by atoms with van der Waals surface area (Å²) in [5, 5.41) is 10.8. The van der Waals surface area contributed by atoms with Crippen molar-refractivity contribution in [2.75, 3.05) is 13.6 Å². The first kappa shape index (κ1) is 27.4. The topological polar surface area (TPSA) is 100 Å². The second-order valence-corrected chi connectivity index (χ2v) is 11.7. The molecule has 8 nitrogen and oxygen atoms in total. The largest absolute Gasteiger partial charge is 0.390 e. The molecule has 2 amide bonds. The van der Waals surface area contributed by atoms with Crippen LogP contribution < -0.4 is 10.6 Å². The molecular formula is C33H38N4O4. The third-order valence-electron chi connectivity index (χ3n) is 9.16. The Morgan fingerprint density at radius 3 is 2.37 bits per heavy atom. The summed E-state index contributed by atoms with van der Waals surface area (Å²) < 4.78 is 0. The lowest BCUT2D eigenvalue weighted by Gasteiger charge is -2.29. The van der Waals surface area contributed by atoms with E-state index in [0.717, 1.165) is 53.6 Å². The van der Waals surface area contributed by atoms with Crippen molar-refractivity contribution in [3.8, 4) is 11.1 Å². The Morgan fingerprint density at radius 2 is 1.71 bits per heavy atom. The van der Waals surface area contributed by atoms with Crippen molar-refractivity contribution in [3.63, 3.8) is 0 Å². The lowest BCUT2D eigenvalue weighted by molar-refractivity contribution is -0.141. The Bertz CT molecular complexity index is 1370. The van der Waals surface area contributed by atoms with Crippen molar-refractivity contribution in [1.29, 1.82) is 0 Å². The molecule has 1 saturated carbocycles. The van der Waals surface area contributed by atoms with Crippen molar-refractivity contribution in [2.24, 2.45) is 11.1 Å². The number of allylic oxidation sites excluding steroid dienone is 1. The predicted octanol–water partition coefficient (Wildman–Crippen LogP) is 3.98.